The number of likely N-dealkylation sites (tertiary alicyclic amines) is 1. The highest BCUT2D eigenvalue weighted by Gasteiger charge is 2.53. The molecule has 1 amide bonds. The van der Waals surface area contributed by atoms with Crippen LogP contribution in [0.4, 0.5) is 17.6 Å². The molecule has 1 aromatic heterocycles. The van der Waals surface area contributed by atoms with E-state index in [2.05, 4.69) is 0 Å². The molecule has 0 aliphatic carbocycles. The Morgan fingerprint density at radius 1 is 1.12 bits per heavy atom. The van der Waals surface area contributed by atoms with E-state index in [0.29, 0.717) is 22.8 Å². The molecule has 0 bridgehead atoms. The Morgan fingerprint density at radius 3 is 2.47 bits per heavy atom. The molecule has 2 aliphatic rings. The average Bonchev–Trinajstić information content (AvgIpc) is 3.22. The van der Waals surface area contributed by atoms with Crippen molar-refractivity contribution in [3.05, 3.63) is 47.3 Å². The Morgan fingerprint density at radius 2 is 1.85 bits per heavy atom. The first-order valence-corrected chi connectivity index (χ1v) is 11.3. The van der Waals surface area contributed by atoms with Crippen molar-refractivity contribution in [2.45, 2.75) is 50.8 Å². The standard InChI is InChI=1S/C24H29F4N3O3/c1-15(2)34-17-6-5-16(13-18(17)33-4)22(32)30-10-9-23(19(25)14-30)20-7-8-21(24(26,27)28)31(20)12-11-29(23)3/h5-8,13,15,19H,9-12,14H2,1-4H3/t19?,23-/m1/s1. The maximum Gasteiger partial charge on any atom is 0.431 e. The molecule has 6 nitrogen and oxygen atoms in total. The second-order valence-corrected chi connectivity index (χ2v) is 9.10. The molecule has 2 aromatic rings. The smallest absolute Gasteiger partial charge is 0.431 e. The van der Waals surface area contributed by atoms with Gasteiger partial charge in [0.05, 0.1) is 25.3 Å². The molecule has 10 heteroatoms. The summed E-state index contributed by atoms with van der Waals surface area (Å²) in [6, 6.07) is 7.21. The SMILES string of the molecule is COc1cc(C(=O)N2CC[C@]3(c4ccc(C(F)(F)F)n4CCN3C)C(F)C2)ccc1OC(C)C. The number of alkyl halides is 4. The number of rotatable bonds is 4. The zero-order chi connectivity index (χ0) is 24.8. The van der Waals surface area contributed by atoms with E-state index in [1.165, 1.54) is 22.6 Å². The molecule has 2 atom stereocenters. The predicted molar refractivity (Wildman–Crippen MR) is 118 cm³/mol. The lowest BCUT2D eigenvalue weighted by atomic mass is 9.79. The van der Waals surface area contributed by atoms with Gasteiger partial charge < -0.3 is 18.9 Å². The van der Waals surface area contributed by atoms with Crippen molar-refractivity contribution in [3.8, 4) is 11.5 Å². The van der Waals surface area contributed by atoms with Crippen LogP contribution in [0.3, 0.4) is 0 Å². The monoisotopic (exact) mass is 483 g/mol. The van der Waals surface area contributed by atoms with Gasteiger partial charge in [0.2, 0.25) is 0 Å². The molecule has 4 rings (SSSR count). The zero-order valence-corrected chi connectivity index (χ0v) is 19.7. The Hall–Kier alpha value is -2.75. The quantitative estimate of drug-likeness (QED) is 0.608. The topological polar surface area (TPSA) is 46.9 Å². The minimum atomic E-state index is -4.51. The molecule has 0 N–H and O–H groups in total. The number of piperidine rings is 1. The van der Waals surface area contributed by atoms with Crippen molar-refractivity contribution in [1.29, 1.82) is 0 Å². The predicted octanol–water partition coefficient (Wildman–Crippen LogP) is 4.33. The molecule has 186 valence electrons. The highest BCUT2D eigenvalue weighted by Crippen LogP contribution is 2.45. The third-order valence-corrected chi connectivity index (χ3v) is 6.78. The molecule has 1 fully saturated rings. The van der Waals surface area contributed by atoms with Gasteiger partial charge in [0.25, 0.3) is 5.91 Å². The van der Waals surface area contributed by atoms with E-state index in [1.807, 2.05) is 13.8 Å². The molecule has 34 heavy (non-hydrogen) atoms. The first kappa shape index (κ1) is 24.4. The van der Waals surface area contributed by atoms with Crippen LogP contribution in [0, 0.1) is 0 Å². The molecule has 1 saturated heterocycles. The largest absolute Gasteiger partial charge is 0.493 e. The van der Waals surface area contributed by atoms with Crippen LogP contribution >= 0.6 is 0 Å². The summed E-state index contributed by atoms with van der Waals surface area (Å²) in [5.41, 5.74) is -1.34. The normalized spacial score (nSPS) is 23.3. The fraction of sp³-hybridized carbons (Fsp3) is 0.542. The number of carbonyl (C=O) groups is 1. The van der Waals surface area contributed by atoms with Gasteiger partial charge in [-0.1, -0.05) is 0 Å². The third-order valence-electron chi connectivity index (χ3n) is 6.78. The van der Waals surface area contributed by atoms with Gasteiger partial charge in [-0.2, -0.15) is 13.2 Å². The number of ether oxygens (including phenoxy) is 2. The summed E-state index contributed by atoms with van der Waals surface area (Å²) in [7, 11) is 3.20. The molecule has 2 aliphatic heterocycles. The summed E-state index contributed by atoms with van der Waals surface area (Å²) in [5, 5.41) is 0. The second-order valence-electron chi connectivity index (χ2n) is 9.10. The summed E-state index contributed by atoms with van der Waals surface area (Å²) in [5.74, 6) is 0.533. The number of carbonyl (C=O) groups excluding carboxylic acids is 1. The van der Waals surface area contributed by atoms with E-state index in [-0.39, 0.29) is 44.6 Å². The minimum absolute atomic E-state index is 0.0784. The number of hydrogen-bond acceptors (Lipinski definition) is 4. The lowest BCUT2D eigenvalue weighted by molar-refractivity contribution is -0.145. The van der Waals surface area contributed by atoms with Gasteiger partial charge in [0, 0.05) is 30.9 Å². The van der Waals surface area contributed by atoms with Gasteiger partial charge in [0.1, 0.15) is 11.9 Å². The molecule has 0 radical (unpaired) electrons. The van der Waals surface area contributed by atoms with E-state index in [4.69, 9.17) is 9.47 Å². The molecule has 1 spiro atoms. The molecule has 3 heterocycles. The van der Waals surface area contributed by atoms with Crippen LogP contribution in [0.25, 0.3) is 0 Å². The van der Waals surface area contributed by atoms with Crippen LogP contribution in [0.15, 0.2) is 30.3 Å². The summed E-state index contributed by atoms with van der Waals surface area (Å²) >= 11 is 0. The summed E-state index contributed by atoms with van der Waals surface area (Å²) < 4.78 is 68.5. The first-order chi connectivity index (χ1) is 16.0. The molecule has 0 saturated carbocycles. The van der Waals surface area contributed by atoms with Crippen LogP contribution in [0.2, 0.25) is 0 Å². The van der Waals surface area contributed by atoms with E-state index >= 15 is 4.39 Å². The molecule has 1 unspecified atom stereocenters. The van der Waals surface area contributed by atoms with Crippen LogP contribution in [0.1, 0.15) is 42.0 Å². The fourth-order valence-corrected chi connectivity index (χ4v) is 5.11. The van der Waals surface area contributed by atoms with Gasteiger partial charge in [-0.15, -0.1) is 0 Å². The van der Waals surface area contributed by atoms with E-state index in [1.54, 1.807) is 30.1 Å². The van der Waals surface area contributed by atoms with Gasteiger partial charge in [-0.3, -0.25) is 9.69 Å². The lowest BCUT2D eigenvalue weighted by Gasteiger charge is -2.52. The first-order valence-electron chi connectivity index (χ1n) is 11.3. The average molecular weight is 484 g/mol. The molecule has 1 aromatic carbocycles. The Kier molecular flexibility index (Phi) is 6.30. The van der Waals surface area contributed by atoms with Crippen molar-refractivity contribution < 1.29 is 31.8 Å². The molecular weight excluding hydrogens is 454 g/mol. The number of benzene rings is 1. The van der Waals surface area contributed by atoms with E-state index in [0.717, 1.165) is 6.07 Å². The number of halogens is 4. The van der Waals surface area contributed by atoms with Gasteiger partial charge in [-0.25, -0.2) is 4.39 Å². The highest BCUT2D eigenvalue weighted by atomic mass is 19.4. The maximum absolute atomic E-state index is 15.9. The molecular formula is C24H29F4N3O3. The van der Waals surface area contributed by atoms with Crippen molar-refractivity contribution in [3.63, 3.8) is 0 Å². The number of aromatic nitrogens is 1. The number of nitrogens with zero attached hydrogens (tertiary/aromatic N) is 3. The van der Waals surface area contributed by atoms with Crippen molar-refractivity contribution in [2.75, 3.05) is 33.8 Å². The zero-order valence-electron chi connectivity index (χ0n) is 19.7. The van der Waals surface area contributed by atoms with Gasteiger partial charge >= 0.3 is 6.18 Å². The Bertz CT molecular complexity index is 1070. The van der Waals surface area contributed by atoms with Gasteiger partial charge in [0.15, 0.2) is 11.5 Å². The summed E-state index contributed by atoms with van der Waals surface area (Å²) in [6.07, 6.45) is -5.97. The number of fused-ring (bicyclic) bond motifs is 2. The number of likely N-dealkylation sites (N-methyl/N-ethyl adjacent to an activating group) is 1. The van der Waals surface area contributed by atoms with Crippen molar-refractivity contribution in [2.24, 2.45) is 0 Å². The highest BCUT2D eigenvalue weighted by molar-refractivity contribution is 5.95. The van der Waals surface area contributed by atoms with Crippen LogP contribution in [-0.4, -0.2) is 66.3 Å². The van der Waals surface area contributed by atoms with E-state index < -0.39 is 23.6 Å². The van der Waals surface area contributed by atoms with Crippen LogP contribution in [-0.2, 0) is 18.3 Å². The second kappa shape index (κ2) is 8.79. The number of amides is 1. The van der Waals surface area contributed by atoms with Crippen molar-refractivity contribution in [1.82, 2.24) is 14.4 Å². The van der Waals surface area contributed by atoms with Crippen LogP contribution in [0.5, 0.6) is 11.5 Å². The van der Waals surface area contributed by atoms with Crippen molar-refractivity contribution >= 4 is 5.91 Å². The fourth-order valence-electron chi connectivity index (χ4n) is 5.11. The summed E-state index contributed by atoms with van der Waals surface area (Å²) in [6.45, 7) is 4.16. The Labute approximate surface area is 196 Å². The lowest BCUT2D eigenvalue weighted by Crippen LogP contribution is -2.63. The number of hydrogen-bond donors (Lipinski definition) is 0. The maximum atomic E-state index is 15.9. The van der Waals surface area contributed by atoms with Crippen LogP contribution < -0.4 is 9.47 Å². The van der Waals surface area contributed by atoms with E-state index in [9.17, 15) is 18.0 Å². The number of methoxy groups -OCH3 is 1. The Balaban J connectivity index is 1.59. The summed E-state index contributed by atoms with van der Waals surface area (Å²) in [4.78, 5) is 16.4. The third kappa shape index (κ3) is 4.01. The minimum Gasteiger partial charge on any atom is -0.493 e. The van der Waals surface area contributed by atoms with Gasteiger partial charge in [-0.05, 0) is 57.6 Å².